The summed E-state index contributed by atoms with van der Waals surface area (Å²) in [6.45, 7) is 1.57. The van der Waals surface area contributed by atoms with Crippen molar-refractivity contribution in [1.29, 1.82) is 0 Å². The molecular weight excluding hydrogens is 434 g/mol. The van der Waals surface area contributed by atoms with E-state index < -0.39 is 11.8 Å². The summed E-state index contributed by atoms with van der Waals surface area (Å²) in [5.41, 5.74) is 5.52. The van der Waals surface area contributed by atoms with Gasteiger partial charge in [0.05, 0.1) is 10.9 Å². The lowest BCUT2D eigenvalue weighted by Crippen LogP contribution is -2.43. The fraction of sp³-hybridized carbons (Fsp3) is 0.167. The summed E-state index contributed by atoms with van der Waals surface area (Å²) in [4.78, 5) is 36.7. The maximum absolute atomic E-state index is 12.2. The van der Waals surface area contributed by atoms with Crippen LogP contribution in [-0.2, 0) is 9.59 Å². The van der Waals surface area contributed by atoms with E-state index >= 15 is 0 Å². The van der Waals surface area contributed by atoms with Gasteiger partial charge in [-0.3, -0.25) is 25.2 Å². The van der Waals surface area contributed by atoms with Crippen LogP contribution in [0.3, 0.4) is 0 Å². The number of hydrogen-bond donors (Lipinski definition) is 3. The van der Waals surface area contributed by atoms with Crippen LogP contribution in [0, 0.1) is 0 Å². The van der Waals surface area contributed by atoms with Gasteiger partial charge in [0.25, 0.3) is 11.8 Å². The second kappa shape index (κ2) is 8.45. The molecule has 0 bridgehead atoms. The minimum atomic E-state index is -0.501. The van der Waals surface area contributed by atoms with Crippen molar-refractivity contribution in [1.82, 2.24) is 10.9 Å². The van der Waals surface area contributed by atoms with Crippen molar-refractivity contribution in [2.24, 2.45) is 0 Å². The number of hydrogen-bond acceptors (Lipinski definition) is 5. The summed E-state index contributed by atoms with van der Waals surface area (Å²) in [5, 5.41) is 2.58. The van der Waals surface area contributed by atoms with Crippen molar-refractivity contribution >= 4 is 51.1 Å². The minimum Gasteiger partial charge on any atom is -0.484 e. The number of carbonyl (C=O) groups is 3. The molecule has 3 N–H and O–H groups in total. The smallest absolute Gasteiger partial charge is 0.276 e. The number of halogens is 1. The third-order valence-electron chi connectivity index (χ3n) is 3.65. The number of fused-ring (bicyclic) bond motifs is 1. The van der Waals surface area contributed by atoms with Crippen LogP contribution in [0.4, 0.5) is 5.69 Å². The number of benzene rings is 2. The highest BCUT2D eigenvalue weighted by Crippen LogP contribution is 2.35. The SMILES string of the molecule is CC1Sc2ccc(C(=O)NNC(=O)COc3cccc(Br)c3)cc2NC1=O. The maximum Gasteiger partial charge on any atom is 0.276 e. The number of nitrogens with one attached hydrogen (secondary N) is 3. The molecule has 140 valence electrons. The van der Waals surface area contributed by atoms with Gasteiger partial charge in [-0.25, -0.2) is 0 Å². The Labute approximate surface area is 168 Å². The largest absolute Gasteiger partial charge is 0.484 e. The predicted octanol–water partition coefficient (Wildman–Crippen LogP) is 2.72. The second-order valence-electron chi connectivity index (χ2n) is 5.71. The highest BCUT2D eigenvalue weighted by Gasteiger charge is 2.23. The van der Waals surface area contributed by atoms with Crippen LogP contribution in [0.1, 0.15) is 17.3 Å². The summed E-state index contributed by atoms with van der Waals surface area (Å²) < 4.78 is 6.17. The van der Waals surface area contributed by atoms with Crippen molar-refractivity contribution < 1.29 is 19.1 Å². The van der Waals surface area contributed by atoms with Gasteiger partial charge < -0.3 is 10.1 Å². The van der Waals surface area contributed by atoms with E-state index in [0.717, 1.165) is 9.37 Å². The molecule has 0 aliphatic carbocycles. The topological polar surface area (TPSA) is 96.5 Å². The van der Waals surface area contributed by atoms with Crippen molar-refractivity contribution in [2.45, 2.75) is 17.1 Å². The van der Waals surface area contributed by atoms with E-state index in [-0.39, 0.29) is 17.8 Å². The number of anilines is 1. The lowest BCUT2D eigenvalue weighted by atomic mass is 10.2. The normalized spacial score (nSPS) is 15.3. The van der Waals surface area contributed by atoms with Crippen LogP contribution in [-0.4, -0.2) is 29.6 Å². The molecule has 0 saturated carbocycles. The van der Waals surface area contributed by atoms with Crippen molar-refractivity contribution in [3.8, 4) is 5.75 Å². The average molecular weight is 450 g/mol. The quantitative estimate of drug-likeness (QED) is 0.623. The average Bonchev–Trinajstić information content (AvgIpc) is 2.65. The van der Waals surface area contributed by atoms with Crippen LogP contribution < -0.4 is 20.9 Å². The van der Waals surface area contributed by atoms with Gasteiger partial charge in [-0.05, 0) is 43.3 Å². The summed E-state index contributed by atoms with van der Waals surface area (Å²) in [6, 6.07) is 12.0. The number of hydrazine groups is 1. The van der Waals surface area contributed by atoms with E-state index in [4.69, 9.17) is 4.74 Å². The molecule has 0 saturated heterocycles. The first-order valence-corrected chi connectivity index (χ1v) is 9.69. The van der Waals surface area contributed by atoms with Crippen molar-refractivity contribution in [2.75, 3.05) is 11.9 Å². The molecule has 0 aromatic heterocycles. The van der Waals surface area contributed by atoms with E-state index in [1.165, 1.54) is 11.8 Å². The van der Waals surface area contributed by atoms with Gasteiger partial charge in [-0.15, -0.1) is 11.8 Å². The molecular formula is C18H16BrN3O4S. The molecule has 0 radical (unpaired) electrons. The maximum atomic E-state index is 12.2. The molecule has 0 spiro atoms. The predicted molar refractivity (Wildman–Crippen MR) is 106 cm³/mol. The van der Waals surface area contributed by atoms with Crippen molar-refractivity contribution in [3.63, 3.8) is 0 Å². The zero-order chi connectivity index (χ0) is 19.4. The minimum absolute atomic E-state index is 0.108. The number of thioether (sulfide) groups is 1. The Morgan fingerprint density at radius 1 is 1.22 bits per heavy atom. The highest BCUT2D eigenvalue weighted by molar-refractivity contribution is 9.10. The molecule has 2 aromatic rings. The number of ether oxygens (including phenoxy) is 1. The Morgan fingerprint density at radius 3 is 2.81 bits per heavy atom. The number of amides is 3. The molecule has 27 heavy (non-hydrogen) atoms. The summed E-state index contributed by atoms with van der Waals surface area (Å²) in [6.07, 6.45) is 0. The fourth-order valence-corrected chi connectivity index (χ4v) is 3.60. The number of rotatable bonds is 4. The summed E-state index contributed by atoms with van der Waals surface area (Å²) in [5.74, 6) is -0.573. The molecule has 1 atom stereocenters. The fourth-order valence-electron chi connectivity index (χ4n) is 2.29. The lowest BCUT2D eigenvalue weighted by molar-refractivity contribution is -0.123. The lowest BCUT2D eigenvalue weighted by Gasteiger charge is -2.21. The molecule has 7 nitrogen and oxygen atoms in total. The molecule has 9 heteroatoms. The zero-order valence-corrected chi connectivity index (χ0v) is 16.6. The summed E-state index contributed by atoms with van der Waals surface area (Å²) in [7, 11) is 0. The van der Waals surface area contributed by atoms with Gasteiger partial charge in [-0.1, -0.05) is 22.0 Å². The first-order chi connectivity index (χ1) is 12.9. The molecule has 1 unspecified atom stereocenters. The summed E-state index contributed by atoms with van der Waals surface area (Å²) >= 11 is 4.74. The van der Waals surface area contributed by atoms with Gasteiger partial charge >= 0.3 is 0 Å². The van der Waals surface area contributed by atoms with Crippen LogP contribution in [0.2, 0.25) is 0 Å². The van der Waals surface area contributed by atoms with E-state index in [1.54, 1.807) is 36.4 Å². The zero-order valence-electron chi connectivity index (χ0n) is 14.2. The van der Waals surface area contributed by atoms with Gasteiger partial charge in [0.15, 0.2) is 6.61 Å². The van der Waals surface area contributed by atoms with Gasteiger partial charge in [0.1, 0.15) is 5.75 Å². The molecule has 1 aliphatic rings. The third kappa shape index (κ3) is 5.01. The van der Waals surface area contributed by atoms with Crippen LogP contribution >= 0.6 is 27.7 Å². The van der Waals surface area contributed by atoms with E-state index in [2.05, 4.69) is 32.1 Å². The van der Waals surface area contributed by atoms with Crippen molar-refractivity contribution in [3.05, 3.63) is 52.5 Å². The molecule has 2 aromatic carbocycles. The van der Waals surface area contributed by atoms with E-state index in [1.807, 2.05) is 13.0 Å². The Kier molecular flexibility index (Phi) is 6.02. The van der Waals surface area contributed by atoms with Crippen LogP contribution in [0.25, 0.3) is 0 Å². The molecule has 1 heterocycles. The first kappa shape index (κ1) is 19.2. The molecule has 3 amide bonds. The molecule has 0 fully saturated rings. The van der Waals surface area contributed by atoms with Crippen LogP contribution in [0.5, 0.6) is 5.75 Å². The monoisotopic (exact) mass is 449 g/mol. The highest BCUT2D eigenvalue weighted by atomic mass is 79.9. The Bertz CT molecular complexity index is 906. The third-order valence-corrected chi connectivity index (χ3v) is 5.32. The van der Waals surface area contributed by atoms with Crippen LogP contribution in [0.15, 0.2) is 51.8 Å². The van der Waals surface area contributed by atoms with E-state index in [9.17, 15) is 14.4 Å². The van der Waals surface area contributed by atoms with Gasteiger partial charge in [-0.2, -0.15) is 0 Å². The van der Waals surface area contributed by atoms with Gasteiger partial charge in [0.2, 0.25) is 5.91 Å². The Morgan fingerprint density at radius 2 is 2.04 bits per heavy atom. The van der Waals surface area contributed by atoms with Gasteiger partial charge in [0, 0.05) is 14.9 Å². The molecule has 1 aliphatic heterocycles. The first-order valence-electron chi connectivity index (χ1n) is 8.01. The van der Waals surface area contributed by atoms with E-state index in [0.29, 0.717) is 17.0 Å². The Balaban J connectivity index is 1.52. The Hall–Kier alpha value is -2.52. The second-order valence-corrected chi connectivity index (χ2v) is 8.01. The molecule has 3 rings (SSSR count). The standard InChI is InChI=1S/C18H16BrN3O4S/c1-10-17(24)20-14-7-11(5-6-15(14)27-10)18(25)22-21-16(23)9-26-13-4-2-3-12(19)8-13/h2-8,10H,9H2,1H3,(H,20,24)(H,21,23)(H,22,25). The number of carbonyl (C=O) groups excluding carboxylic acids is 3.